The molecule has 14 heavy (non-hydrogen) atoms. The first kappa shape index (κ1) is 10.1. The van der Waals surface area contributed by atoms with Crippen LogP contribution in [-0.4, -0.2) is 0 Å². The van der Waals surface area contributed by atoms with Crippen LogP contribution in [0.5, 0.6) is 0 Å². The van der Waals surface area contributed by atoms with Crippen LogP contribution >= 0.6 is 0 Å². The van der Waals surface area contributed by atoms with Crippen LogP contribution in [0.25, 0.3) is 6.08 Å². The summed E-state index contributed by atoms with van der Waals surface area (Å²) in [6.07, 6.45) is 9.10. The molecular weight excluding hydrogens is 168 g/mol. The van der Waals surface area contributed by atoms with Crippen molar-refractivity contribution >= 4 is 6.08 Å². The fraction of sp³-hybridized carbons (Fsp3) is 0. The molecule has 0 nitrogen and oxygen atoms in total. The number of benzene rings is 1. The Bertz CT molecular complexity index is 383. The molecule has 0 aliphatic heterocycles. The van der Waals surface area contributed by atoms with Crippen molar-refractivity contribution in [1.29, 1.82) is 0 Å². The minimum atomic E-state index is 1.16. The Morgan fingerprint density at radius 3 is 2.43 bits per heavy atom. The Balaban J connectivity index is 2.52. The molecule has 0 N–H and O–H groups in total. The van der Waals surface area contributed by atoms with E-state index in [-0.39, 0.29) is 0 Å². The molecule has 0 bridgehead atoms. The lowest BCUT2D eigenvalue weighted by Gasteiger charge is -1.86. The molecule has 0 aliphatic rings. The molecule has 0 radical (unpaired) electrons. The van der Waals surface area contributed by atoms with Gasteiger partial charge < -0.3 is 0 Å². The zero-order chi connectivity index (χ0) is 10.1. The molecule has 0 unspecified atom stereocenters. The van der Waals surface area contributed by atoms with Gasteiger partial charge >= 0.3 is 0 Å². The van der Waals surface area contributed by atoms with Crippen LogP contribution in [-0.2, 0) is 0 Å². The van der Waals surface area contributed by atoms with Crippen molar-refractivity contribution in [2.45, 2.75) is 0 Å². The predicted octanol–water partition coefficient (Wildman–Crippen LogP) is 3.45. The lowest BCUT2D eigenvalue weighted by atomic mass is 10.2. The van der Waals surface area contributed by atoms with E-state index in [1.165, 1.54) is 0 Å². The molecule has 1 aromatic rings. The summed E-state index contributed by atoms with van der Waals surface area (Å²) < 4.78 is 0. The van der Waals surface area contributed by atoms with Gasteiger partial charge in [-0.25, -0.2) is 0 Å². The highest BCUT2D eigenvalue weighted by Crippen LogP contribution is 1.99. The lowest BCUT2D eigenvalue weighted by molar-refractivity contribution is 1.66. The molecular formula is C14H12. The van der Waals surface area contributed by atoms with Gasteiger partial charge in [0.25, 0.3) is 0 Å². The molecule has 0 heterocycles. The fourth-order valence-corrected chi connectivity index (χ4v) is 0.914. The Labute approximate surface area is 85.3 Å². The molecule has 1 aromatic carbocycles. The first-order valence-electron chi connectivity index (χ1n) is 4.43. The van der Waals surface area contributed by atoms with E-state index in [1.807, 2.05) is 48.6 Å². The number of allylic oxidation sites excluding steroid dienone is 4. The first-order valence-corrected chi connectivity index (χ1v) is 4.43. The van der Waals surface area contributed by atoms with E-state index < -0.39 is 0 Å². The second-order valence-corrected chi connectivity index (χ2v) is 2.63. The fourth-order valence-electron chi connectivity index (χ4n) is 0.914. The van der Waals surface area contributed by atoms with Gasteiger partial charge in [-0.15, -0.1) is 0 Å². The smallest absolute Gasteiger partial charge is 0.0109 e. The molecule has 0 aliphatic carbocycles. The van der Waals surface area contributed by atoms with Crippen LogP contribution in [0, 0.1) is 11.8 Å². The van der Waals surface area contributed by atoms with Gasteiger partial charge in [0.2, 0.25) is 0 Å². The van der Waals surface area contributed by atoms with Gasteiger partial charge in [0.05, 0.1) is 0 Å². The number of hydrogen-bond donors (Lipinski definition) is 0. The molecule has 0 saturated carbocycles. The van der Waals surface area contributed by atoms with Crippen molar-refractivity contribution in [2.75, 3.05) is 0 Å². The third-order valence-electron chi connectivity index (χ3n) is 1.56. The van der Waals surface area contributed by atoms with Crippen LogP contribution in [0.3, 0.4) is 0 Å². The van der Waals surface area contributed by atoms with E-state index in [1.54, 1.807) is 12.2 Å². The monoisotopic (exact) mass is 180 g/mol. The van der Waals surface area contributed by atoms with Crippen LogP contribution in [0.1, 0.15) is 5.56 Å². The van der Waals surface area contributed by atoms with E-state index in [9.17, 15) is 0 Å². The van der Waals surface area contributed by atoms with Crippen molar-refractivity contribution in [3.05, 3.63) is 66.8 Å². The van der Waals surface area contributed by atoms with Gasteiger partial charge in [0, 0.05) is 0 Å². The Morgan fingerprint density at radius 2 is 1.71 bits per heavy atom. The second-order valence-electron chi connectivity index (χ2n) is 2.63. The van der Waals surface area contributed by atoms with Crippen LogP contribution in [0.15, 0.2) is 61.2 Å². The highest BCUT2D eigenvalue weighted by Gasteiger charge is 1.78. The van der Waals surface area contributed by atoms with E-state index in [0.29, 0.717) is 0 Å². The predicted molar refractivity (Wildman–Crippen MR) is 62.6 cm³/mol. The summed E-state index contributed by atoms with van der Waals surface area (Å²) in [7, 11) is 0. The van der Waals surface area contributed by atoms with E-state index >= 15 is 0 Å². The molecule has 0 atom stereocenters. The Hall–Kier alpha value is -2.00. The minimum absolute atomic E-state index is 1.16. The molecule has 0 saturated heterocycles. The maximum atomic E-state index is 3.55. The average molecular weight is 180 g/mol. The average Bonchev–Trinajstić information content (AvgIpc) is 2.25. The normalized spacial score (nSPS) is 10.0. The van der Waals surface area contributed by atoms with E-state index in [0.717, 1.165) is 5.56 Å². The summed E-state index contributed by atoms with van der Waals surface area (Å²) in [5.41, 5.74) is 1.16. The van der Waals surface area contributed by atoms with Gasteiger partial charge in [-0.1, -0.05) is 60.9 Å². The Morgan fingerprint density at radius 1 is 1.00 bits per heavy atom. The summed E-state index contributed by atoms with van der Waals surface area (Å²) in [4.78, 5) is 0. The van der Waals surface area contributed by atoms with Gasteiger partial charge in [0.15, 0.2) is 0 Å². The van der Waals surface area contributed by atoms with Gasteiger partial charge in [-0.05, 0) is 23.8 Å². The zero-order valence-corrected chi connectivity index (χ0v) is 7.98. The van der Waals surface area contributed by atoms with Crippen LogP contribution in [0.4, 0.5) is 0 Å². The standard InChI is InChI=1S/C14H12/c1-2-3-4-5-6-8-11-14-12-9-7-10-13-14/h2-4,7-13H,1H2. The topological polar surface area (TPSA) is 0 Å². The highest BCUT2D eigenvalue weighted by atomic mass is 13.8. The quantitative estimate of drug-likeness (QED) is 0.483. The third kappa shape index (κ3) is 4.13. The summed E-state index contributed by atoms with van der Waals surface area (Å²) in [6, 6.07) is 10.1. The zero-order valence-electron chi connectivity index (χ0n) is 7.98. The van der Waals surface area contributed by atoms with E-state index in [4.69, 9.17) is 0 Å². The minimum Gasteiger partial charge on any atom is -0.0990 e. The lowest BCUT2D eigenvalue weighted by Crippen LogP contribution is -1.66. The summed E-state index contributed by atoms with van der Waals surface area (Å²) in [6.45, 7) is 3.55. The molecule has 0 fully saturated rings. The second kappa shape index (κ2) is 6.51. The summed E-state index contributed by atoms with van der Waals surface area (Å²) >= 11 is 0. The maximum Gasteiger partial charge on any atom is -0.0109 e. The molecule has 0 heteroatoms. The summed E-state index contributed by atoms with van der Waals surface area (Å²) in [5, 5.41) is 0. The Kier molecular flexibility index (Phi) is 4.69. The molecule has 0 aromatic heterocycles. The van der Waals surface area contributed by atoms with Crippen LogP contribution < -0.4 is 0 Å². The largest absolute Gasteiger partial charge is 0.0990 e. The van der Waals surface area contributed by atoms with Crippen molar-refractivity contribution in [3.8, 4) is 11.8 Å². The van der Waals surface area contributed by atoms with Crippen LogP contribution in [0.2, 0.25) is 0 Å². The van der Waals surface area contributed by atoms with E-state index in [2.05, 4.69) is 18.4 Å². The first-order chi connectivity index (χ1) is 6.93. The SMILES string of the molecule is C=CC=CC#CC=Cc1ccccc1. The number of rotatable bonds is 2. The molecule has 1 rings (SSSR count). The van der Waals surface area contributed by atoms with Crippen molar-refractivity contribution in [2.24, 2.45) is 0 Å². The van der Waals surface area contributed by atoms with Gasteiger partial charge in [-0.3, -0.25) is 0 Å². The number of hydrogen-bond acceptors (Lipinski definition) is 0. The van der Waals surface area contributed by atoms with Gasteiger partial charge in [0.1, 0.15) is 0 Å². The van der Waals surface area contributed by atoms with Crippen molar-refractivity contribution in [1.82, 2.24) is 0 Å². The summed E-state index contributed by atoms with van der Waals surface area (Å²) in [5.74, 6) is 5.77. The molecule has 0 amide bonds. The van der Waals surface area contributed by atoms with Crippen molar-refractivity contribution in [3.63, 3.8) is 0 Å². The van der Waals surface area contributed by atoms with Crippen molar-refractivity contribution < 1.29 is 0 Å². The van der Waals surface area contributed by atoms with Gasteiger partial charge in [-0.2, -0.15) is 0 Å². The molecule has 68 valence electrons. The highest BCUT2D eigenvalue weighted by molar-refractivity contribution is 5.52. The maximum absolute atomic E-state index is 3.55. The molecule has 0 spiro atoms. The third-order valence-corrected chi connectivity index (χ3v) is 1.56.